The van der Waals surface area contributed by atoms with E-state index in [4.69, 9.17) is 9.15 Å². The topological polar surface area (TPSA) is 71.8 Å². The molecule has 0 radical (unpaired) electrons. The standard InChI is InChI=1S/C32H31FN2O4/c1-32(2,3)31(37)35-17-16-21-12-13-25(19-27(21)29(35)22-8-7-9-23(33)18-22)38-20-26-14-15-28(39-26)30(36)34-24-10-5-4-6-11-24/h4-15,18-19,29H,16-17,20H2,1-3H3,(H,34,36). The molecular formula is C32H31FN2O4. The number of furan rings is 1. The molecule has 2 amide bonds. The van der Waals surface area contributed by atoms with E-state index in [2.05, 4.69) is 5.32 Å². The van der Waals surface area contributed by atoms with Crippen molar-refractivity contribution in [3.8, 4) is 5.75 Å². The van der Waals surface area contributed by atoms with Crippen LogP contribution >= 0.6 is 0 Å². The molecule has 1 atom stereocenters. The number of carbonyl (C=O) groups excluding carboxylic acids is 2. The third-order valence-corrected chi connectivity index (χ3v) is 6.71. The minimum absolute atomic E-state index is 0.00521. The lowest BCUT2D eigenvalue weighted by Crippen LogP contribution is -2.45. The Kier molecular flexibility index (Phi) is 7.24. The first-order valence-corrected chi connectivity index (χ1v) is 13.0. The summed E-state index contributed by atoms with van der Waals surface area (Å²) in [5, 5.41) is 2.80. The number of halogens is 1. The minimum atomic E-state index is -0.582. The van der Waals surface area contributed by atoms with Crippen molar-refractivity contribution in [3.63, 3.8) is 0 Å². The maximum Gasteiger partial charge on any atom is 0.291 e. The van der Waals surface area contributed by atoms with Gasteiger partial charge in [-0.25, -0.2) is 4.39 Å². The van der Waals surface area contributed by atoms with Crippen molar-refractivity contribution < 1.29 is 23.1 Å². The van der Waals surface area contributed by atoms with Gasteiger partial charge in [0.1, 0.15) is 23.9 Å². The molecule has 0 fully saturated rings. The maximum absolute atomic E-state index is 14.3. The number of carbonyl (C=O) groups is 2. The molecule has 200 valence electrons. The van der Waals surface area contributed by atoms with Gasteiger partial charge in [-0.1, -0.05) is 57.2 Å². The molecule has 0 saturated carbocycles. The average Bonchev–Trinajstić information content (AvgIpc) is 3.40. The van der Waals surface area contributed by atoms with Crippen LogP contribution in [0.3, 0.4) is 0 Å². The number of fused-ring (bicyclic) bond motifs is 1. The quantitative estimate of drug-likeness (QED) is 0.301. The Bertz CT molecular complexity index is 1490. The van der Waals surface area contributed by atoms with Gasteiger partial charge in [-0.3, -0.25) is 9.59 Å². The number of nitrogens with zero attached hydrogens (tertiary/aromatic N) is 1. The maximum atomic E-state index is 14.3. The van der Waals surface area contributed by atoms with Crippen LogP contribution in [0.15, 0.2) is 89.3 Å². The van der Waals surface area contributed by atoms with Gasteiger partial charge in [0.15, 0.2) is 5.76 Å². The minimum Gasteiger partial charge on any atom is -0.486 e. The summed E-state index contributed by atoms with van der Waals surface area (Å²) < 4.78 is 26.0. The third-order valence-electron chi connectivity index (χ3n) is 6.71. The molecule has 6 nitrogen and oxygen atoms in total. The fourth-order valence-electron chi connectivity index (χ4n) is 4.81. The van der Waals surface area contributed by atoms with E-state index in [-0.39, 0.29) is 30.0 Å². The third kappa shape index (κ3) is 5.87. The van der Waals surface area contributed by atoms with Crippen molar-refractivity contribution >= 4 is 17.5 Å². The predicted molar refractivity (Wildman–Crippen MR) is 147 cm³/mol. The monoisotopic (exact) mass is 526 g/mol. The van der Waals surface area contributed by atoms with Crippen LogP contribution in [0.4, 0.5) is 10.1 Å². The zero-order chi connectivity index (χ0) is 27.6. The van der Waals surface area contributed by atoms with Crippen LogP contribution in [0.5, 0.6) is 5.75 Å². The molecule has 1 aromatic heterocycles. The van der Waals surface area contributed by atoms with Crippen LogP contribution in [0.2, 0.25) is 0 Å². The highest BCUT2D eigenvalue weighted by molar-refractivity contribution is 6.02. The van der Waals surface area contributed by atoms with Crippen molar-refractivity contribution in [2.75, 3.05) is 11.9 Å². The predicted octanol–water partition coefficient (Wildman–Crippen LogP) is 6.77. The molecule has 0 aliphatic carbocycles. The number of hydrogen-bond acceptors (Lipinski definition) is 4. The van der Waals surface area contributed by atoms with E-state index in [1.54, 1.807) is 30.3 Å². The first kappa shape index (κ1) is 26.2. The second-order valence-electron chi connectivity index (χ2n) is 10.7. The molecule has 0 bridgehead atoms. The molecule has 39 heavy (non-hydrogen) atoms. The van der Waals surface area contributed by atoms with Crippen molar-refractivity contribution in [2.45, 2.75) is 39.8 Å². The number of rotatable bonds is 6. The first-order valence-electron chi connectivity index (χ1n) is 13.0. The Hall–Kier alpha value is -4.39. The summed E-state index contributed by atoms with van der Waals surface area (Å²) in [6.07, 6.45) is 0.696. The lowest BCUT2D eigenvalue weighted by atomic mass is 9.85. The van der Waals surface area contributed by atoms with Crippen molar-refractivity contribution in [3.05, 3.63) is 119 Å². The Balaban J connectivity index is 1.36. The summed E-state index contributed by atoms with van der Waals surface area (Å²) >= 11 is 0. The molecule has 1 aliphatic heterocycles. The van der Waals surface area contributed by atoms with Crippen molar-refractivity contribution in [1.29, 1.82) is 0 Å². The molecule has 4 aromatic rings. The van der Waals surface area contributed by atoms with E-state index in [9.17, 15) is 14.0 Å². The summed E-state index contributed by atoms with van der Waals surface area (Å²) in [4.78, 5) is 27.8. The first-order chi connectivity index (χ1) is 18.7. The molecule has 5 rings (SSSR count). The van der Waals surface area contributed by atoms with Gasteiger partial charge in [0, 0.05) is 17.6 Å². The van der Waals surface area contributed by atoms with E-state index in [1.165, 1.54) is 12.1 Å². The number of ether oxygens (including phenoxy) is 1. The molecule has 7 heteroatoms. The molecule has 3 aromatic carbocycles. The summed E-state index contributed by atoms with van der Waals surface area (Å²) in [5.74, 6) is 0.586. The Labute approximate surface area is 227 Å². The number of nitrogens with one attached hydrogen (secondary N) is 1. The smallest absolute Gasteiger partial charge is 0.291 e. The number of anilines is 1. The van der Waals surface area contributed by atoms with Gasteiger partial charge in [0.05, 0.1) is 6.04 Å². The molecule has 1 unspecified atom stereocenters. The highest BCUT2D eigenvalue weighted by Gasteiger charge is 2.37. The average molecular weight is 527 g/mol. The fourth-order valence-corrected chi connectivity index (χ4v) is 4.81. The van der Waals surface area contributed by atoms with Gasteiger partial charge >= 0.3 is 0 Å². The molecule has 2 heterocycles. The lowest BCUT2D eigenvalue weighted by molar-refractivity contribution is -0.141. The van der Waals surface area contributed by atoms with Gasteiger partial charge in [0.2, 0.25) is 5.91 Å². The Morgan fingerprint density at radius 2 is 1.79 bits per heavy atom. The van der Waals surface area contributed by atoms with Gasteiger partial charge < -0.3 is 19.4 Å². The van der Waals surface area contributed by atoms with Crippen LogP contribution < -0.4 is 10.1 Å². The Morgan fingerprint density at radius 3 is 2.54 bits per heavy atom. The molecule has 1 N–H and O–H groups in total. The molecular weight excluding hydrogens is 495 g/mol. The van der Waals surface area contributed by atoms with Crippen LogP contribution in [-0.4, -0.2) is 23.3 Å². The van der Waals surface area contributed by atoms with E-state index < -0.39 is 11.5 Å². The fraction of sp³-hybridized carbons (Fsp3) is 0.250. The van der Waals surface area contributed by atoms with Gasteiger partial charge in [-0.15, -0.1) is 0 Å². The number of hydrogen-bond donors (Lipinski definition) is 1. The van der Waals surface area contributed by atoms with E-state index in [1.807, 2.05) is 68.1 Å². The lowest BCUT2D eigenvalue weighted by Gasteiger charge is -2.41. The van der Waals surface area contributed by atoms with Gasteiger partial charge in [0.25, 0.3) is 5.91 Å². The SMILES string of the molecule is CC(C)(C)C(=O)N1CCc2ccc(OCc3ccc(C(=O)Nc4ccccc4)o3)cc2C1c1cccc(F)c1. The van der Waals surface area contributed by atoms with Crippen LogP contribution in [0, 0.1) is 11.2 Å². The van der Waals surface area contributed by atoms with Crippen LogP contribution in [0.25, 0.3) is 0 Å². The largest absolute Gasteiger partial charge is 0.486 e. The number of benzene rings is 3. The molecule has 0 spiro atoms. The van der Waals surface area contributed by atoms with Crippen molar-refractivity contribution in [1.82, 2.24) is 4.90 Å². The highest BCUT2D eigenvalue weighted by Crippen LogP contribution is 2.39. The van der Waals surface area contributed by atoms with E-state index in [0.29, 0.717) is 35.7 Å². The summed E-state index contributed by atoms with van der Waals surface area (Å²) in [6, 6.07) is 24.2. The Morgan fingerprint density at radius 1 is 1.00 bits per heavy atom. The summed E-state index contributed by atoms with van der Waals surface area (Å²) in [5.41, 5.74) is 2.81. The zero-order valence-corrected chi connectivity index (χ0v) is 22.2. The summed E-state index contributed by atoms with van der Waals surface area (Å²) in [7, 11) is 0. The van der Waals surface area contributed by atoms with Gasteiger partial charge in [-0.2, -0.15) is 0 Å². The van der Waals surface area contributed by atoms with Gasteiger partial charge in [-0.05, 0) is 71.6 Å². The second-order valence-corrected chi connectivity index (χ2v) is 10.7. The number of amides is 2. The second kappa shape index (κ2) is 10.8. The number of para-hydroxylation sites is 1. The highest BCUT2D eigenvalue weighted by atomic mass is 19.1. The molecule has 0 saturated heterocycles. The van der Waals surface area contributed by atoms with Crippen LogP contribution in [0.1, 0.15) is 59.8 Å². The van der Waals surface area contributed by atoms with Crippen LogP contribution in [-0.2, 0) is 17.8 Å². The van der Waals surface area contributed by atoms with E-state index >= 15 is 0 Å². The van der Waals surface area contributed by atoms with Crippen molar-refractivity contribution in [2.24, 2.45) is 5.41 Å². The summed E-state index contributed by atoms with van der Waals surface area (Å²) in [6.45, 7) is 6.34. The molecule has 1 aliphatic rings. The normalized spacial score (nSPS) is 15.0. The van der Waals surface area contributed by atoms with E-state index in [0.717, 1.165) is 11.1 Å². The zero-order valence-electron chi connectivity index (χ0n) is 22.2.